The lowest BCUT2D eigenvalue weighted by molar-refractivity contribution is -0.392. The number of carboxylic acid groups (broad SMARTS) is 1. The van der Waals surface area contributed by atoms with Crippen molar-refractivity contribution >= 4 is 11.8 Å². The predicted octanol–water partition coefficient (Wildman–Crippen LogP) is 1.33. The smallest absolute Gasteiger partial charge is 0.342 e. The average molecular weight is 284 g/mol. The molecule has 0 saturated carbocycles. The molecule has 1 rings (SSSR count). The molecule has 0 amide bonds. The summed E-state index contributed by atoms with van der Waals surface area (Å²) >= 11 is 0. The van der Waals surface area contributed by atoms with Crippen LogP contribution >= 0.6 is 0 Å². The second kappa shape index (κ2) is 6.47. The molecule has 0 saturated heterocycles. The molecule has 0 fully saturated rings. The molecule has 0 aliphatic carbocycles. The number of aliphatic carboxylic acids is 1. The van der Waals surface area contributed by atoms with Gasteiger partial charge < -0.3 is 15.2 Å². The van der Waals surface area contributed by atoms with Gasteiger partial charge in [0.2, 0.25) is 0 Å². The maximum absolute atomic E-state index is 11.3. The van der Waals surface area contributed by atoms with Gasteiger partial charge in [-0.05, 0) is 17.8 Å². The van der Waals surface area contributed by atoms with Crippen LogP contribution < -0.4 is 5.32 Å². The summed E-state index contributed by atoms with van der Waals surface area (Å²) in [5.74, 6) is -0.454. The largest absolute Gasteiger partial charge is 0.480 e. The van der Waals surface area contributed by atoms with Crippen molar-refractivity contribution < 1.29 is 14.8 Å². The zero-order valence-electron chi connectivity index (χ0n) is 11.9. The van der Waals surface area contributed by atoms with Gasteiger partial charge in [0.05, 0.1) is 0 Å². The van der Waals surface area contributed by atoms with Gasteiger partial charge in [-0.2, -0.15) is 0 Å². The third-order valence-electron chi connectivity index (χ3n) is 3.64. The van der Waals surface area contributed by atoms with Crippen molar-refractivity contribution in [2.45, 2.75) is 45.7 Å². The Labute approximate surface area is 117 Å². The Morgan fingerprint density at radius 2 is 2.15 bits per heavy atom. The Morgan fingerprint density at radius 3 is 2.60 bits per heavy atom. The summed E-state index contributed by atoms with van der Waals surface area (Å²) < 4.78 is 1.46. The number of nitrogens with zero attached hydrogens (tertiary/aromatic N) is 3. The Balaban J connectivity index is 2.76. The van der Waals surface area contributed by atoms with Crippen LogP contribution in [0.5, 0.6) is 0 Å². The fraction of sp³-hybridized carbons (Fsp3) is 0.667. The van der Waals surface area contributed by atoms with E-state index in [1.54, 1.807) is 20.8 Å². The van der Waals surface area contributed by atoms with E-state index in [2.05, 4.69) is 10.3 Å². The number of hydrogen-bond donors (Lipinski definition) is 2. The number of carboxylic acids is 1. The van der Waals surface area contributed by atoms with Crippen molar-refractivity contribution in [2.24, 2.45) is 0 Å². The molecule has 112 valence electrons. The summed E-state index contributed by atoms with van der Waals surface area (Å²) in [5.41, 5.74) is -0.983. The first kappa shape index (κ1) is 16.1. The van der Waals surface area contributed by atoms with Crippen LogP contribution in [0.3, 0.4) is 0 Å². The molecule has 0 aliphatic heterocycles. The summed E-state index contributed by atoms with van der Waals surface area (Å²) in [5, 5.41) is 23.1. The van der Waals surface area contributed by atoms with E-state index in [0.29, 0.717) is 31.8 Å². The van der Waals surface area contributed by atoms with Gasteiger partial charge in [-0.1, -0.05) is 13.8 Å². The maximum atomic E-state index is 11.3. The third kappa shape index (κ3) is 3.13. The fourth-order valence-corrected chi connectivity index (χ4v) is 2.16. The van der Waals surface area contributed by atoms with Crippen LogP contribution in [0.2, 0.25) is 0 Å². The first-order valence-electron chi connectivity index (χ1n) is 6.53. The second-order valence-corrected chi connectivity index (χ2v) is 4.59. The molecule has 0 bridgehead atoms. The summed E-state index contributed by atoms with van der Waals surface area (Å²) in [6.07, 6.45) is 2.10. The summed E-state index contributed by atoms with van der Waals surface area (Å²) in [7, 11) is 0. The number of aromatic nitrogens is 2. The monoisotopic (exact) mass is 284 g/mol. The molecule has 0 spiro atoms. The van der Waals surface area contributed by atoms with E-state index >= 15 is 0 Å². The first-order chi connectivity index (χ1) is 9.38. The molecule has 0 unspecified atom stereocenters. The van der Waals surface area contributed by atoms with E-state index in [9.17, 15) is 20.0 Å². The predicted molar refractivity (Wildman–Crippen MR) is 72.6 cm³/mol. The standard InChI is InChI=1S/C12H20N4O4/c1-4-12(5-2,11(17)18)14-6-7-15-9(3)13-8-10(15)16(19)20/h8,14H,4-7H2,1-3H3,(H,17,18). The molecule has 0 radical (unpaired) electrons. The van der Waals surface area contributed by atoms with Crippen LogP contribution in [0.25, 0.3) is 0 Å². The molecule has 2 N–H and O–H groups in total. The number of carbonyl (C=O) groups is 1. The van der Waals surface area contributed by atoms with Crippen molar-refractivity contribution in [3.63, 3.8) is 0 Å². The summed E-state index contributed by atoms with van der Waals surface area (Å²) in [6.45, 7) is 5.91. The molecular weight excluding hydrogens is 264 g/mol. The number of aryl methyl sites for hydroxylation is 1. The molecule has 1 heterocycles. The molecule has 0 aromatic carbocycles. The van der Waals surface area contributed by atoms with Gasteiger partial charge in [0.1, 0.15) is 18.3 Å². The van der Waals surface area contributed by atoms with Crippen LogP contribution in [0.15, 0.2) is 6.20 Å². The van der Waals surface area contributed by atoms with E-state index in [1.165, 1.54) is 10.8 Å². The molecule has 0 aliphatic rings. The van der Waals surface area contributed by atoms with Gasteiger partial charge in [0.15, 0.2) is 5.82 Å². The van der Waals surface area contributed by atoms with E-state index in [0.717, 1.165) is 0 Å². The van der Waals surface area contributed by atoms with Gasteiger partial charge in [-0.25, -0.2) is 9.55 Å². The highest BCUT2D eigenvalue weighted by atomic mass is 16.6. The Hall–Kier alpha value is -1.96. The van der Waals surface area contributed by atoms with Gasteiger partial charge in [0.25, 0.3) is 0 Å². The minimum Gasteiger partial charge on any atom is -0.480 e. The lowest BCUT2D eigenvalue weighted by Gasteiger charge is -2.27. The topological polar surface area (TPSA) is 110 Å². The van der Waals surface area contributed by atoms with Crippen molar-refractivity contribution in [3.8, 4) is 0 Å². The highest BCUT2D eigenvalue weighted by Crippen LogP contribution is 2.16. The summed E-state index contributed by atoms with van der Waals surface area (Å²) in [4.78, 5) is 25.6. The molecule has 0 atom stereocenters. The Bertz CT molecular complexity index is 494. The lowest BCUT2D eigenvalue weighted by atomic mass is 9.93. The van der Waals surface area contributed by atoms with Crippen molar-refractivity contribution in [1.29, 1.82) is 0 Å². The number of rotatable bonds is 8. The molecule has 8 nitrogen and oxygen atoms in total. The maximum Gasteiger partial charge on any atom is 0.342 e. The zero-order valence-corrected chi connectivity index (χ0v) is 11.9. The minimum atomic E-state index is -0.983. The van der Waals surface area contributed by atoms with Gasteiger partial charge in [-0.15, -0.1) is 0 Å². The number of nitro groups is 1. The number of nitrogens with one attached hydrogen (secondary N) is 1. The van der Waals surface area contributed by atoms with Crippen LogP contribution in [-0.4, -0.2) is 37.6 Å². The SMILES string of the molecule is CCC(CC)(NCCn1c([N+](=O)[O-])cnc1C)C(=O)O. The molecule has 1 aromatic rings. The van der Waals surface area contributed by atoms with Crippen LogP contribution in [0.1, 0.15) is 32.5 Å². The Morgan fingerprint density at radius 1 is 1.55 bits per heavy atom. The van der Waals surface area contributed by atoms with E-state index in [4.69, 9.17) is 0 Å². The molecule has 8 heteroatoms. The van der Waals surface area contributed by atoms with Crippen LogP contribution in [0.4, 0.5) is 5.82 Å². The molecular formula is C12H20N4O4. The summed E-state index contributed by atoms with van der Waals surface area (Å²) in [6, 6.07) is 0. The zero-order chi connectivity index (χ0) is 15.3. The van der Waals surface area contributed by atoms with E-state index in [-0.39, 0.29) is 5.82 Å². The minimum absolute atomic E-state index is 0.0850. The second-order valence-electron chi connectivity index (χ2n) is 4.59. The fourth-order valence-electron chi connectivity index (χ4n) is 2.16. The van der Waals surface area contributed by atoms with Crippen molar-refractivity contribution in [3.05, 3.63) is 22.1 Å². The van der Waals surface area contributed by atoms with E-state index in [1.807, 2.05) is 0 Å². The quantitative estimate of drug-likeness (QED) is 0.550. The molecule has 1 aromatic heterocycles. The molecule has 20 heavy (non-hydrogen) atoms. The van der Waals surface area contributed by atoms with E-state index < -0.39 is 16.4 Å². The van der Waals surface area contributed by atoms with Crippen LogP contribution in [-0.2, 0) is 11.3 Å². The van der Waals surface area contributed by atoms with Gasteiger partial charge in [0, 0.05) is 13.5 Å². The number of hydrogen-bond acceptors (Lipinski definition) is 5. The highest BCUT2D eigenvalue weighted by Gasteiger charge is 2.34. The first-order valence-corrected chi connectivity index (χ1v) is 6.53. The Kier molecular flexibility index (Phi) is 5.20. The van der Waals surface area contributed by atoms with Gasteiger partial charge in [-0.3, -0.25) is 10.1 Å². The van der Waals surface area contributed by atoms with Crippen molar-refractivity contribution in [2.75, 3.05) is 6.54 Å². The lowest BCUT2D eigenvalue weighted by Crippen LogP contribution is -2.52. The third-order valence-corrected chi connectivity index (χ3v) is 3.64. The average Bonchev–Trinajstić information content (AvgIpc) is 2.76. The van der Waals surface area contributed by atoms with Gasteiger partial charge >= 0.3 is 11.8 Å². The van der Waals surface area contributed by atoms with Crippen molar-refractivity contribution in [1.82, 2.24) is 14.9 Å². The van der Waals surface area contributed by atoms with Crippen LogP contribution in [0, 0.1) is 17.0 Å². The normalized spacial score (nSPS) is 11.6. The highest BCUT2D eigenvalue weighted by molar-refractivity contribution is 5.78. The number of imidazole rings is 1.